The van der Waals surface area contributed by atoms with E-state index in [1.54, 1.807) is 10.3 Å². The summed E-state index contributed by atoms with van der Waals surface area (Å²) in [6.45, 7) is 12.2. The minimum absolute atomic E-state index is 0.424. The second-order valence-corrected chi connectivity index (χ2v) is 9.71. The van der Waals surface area contributed by atoms with E-state index in [4.69, 9.17) is 9.31 Å². The van der Waals surface area contributed by atoms with Crippen LogP contribution >= 0.6 is 0 Å². The summed E-state index contributed by atoms with van der Waals surface area (Å²) in [6.07, 6.45) is 1.76. The van der Waals surface area contributed by atoms with Gasteiger partial charge in [-0.25, -0.2) is 4.21 Å². The van der Waals surface area contributed by atoms with E-state index in [-0.39, 0.29) is 0 Å². The lowest BCUT2D eigenvalue weighted by molar-refractivity contribution is 0.00578. The number of aromatic nitrogens is 2. The number of hydrogen-bond donors (Lipinski definition) is 0. The van der Waals surface area contributed by atoms with Gasteiger partial charge in [-0.05, 0) is 65.2 Å². The van der Waals surface area contributed by atoms with Crippen LogP contribution in [0.2, 0.25) is 0 Å². The second kappa shape index (κ2) is 6.54. The summed E-state index contributed by atoms with van der Waals surface area (Å²) in [5.41, 5.74) is 3.09. The van der Waals surface area contributed by atoms with Gasteiger partial charge in [0.25, 0.3) is 0 Å². The molecule has 7 heteroatoms. The zero-order valence-electron chi connectivity index (χ0n) is 17.1. The summed E-state index contributed by atoms with van der Waals surface area (Å²) in [5.74, 6) is 0. The van der Waals surface area contributed by atoms with E-state index < -0.39 is 29.3 Å². The topological polar surface area (TPSA) is 53.4 Å². The molecule has 1 saturated heterocycles. The molecule has 2 aromatic carbocycles. The maximum atomic E-state index is 13.1. The van der Waals surface area contributed by atoms with Crippen LogP contribution in [0.4, 0.5) is 0 Å². The van der Waals surface area contributed by atoms with Gasteiger partial charge >= 0.3 is 7.12 Å². The molecular formula is C21H25BN2O3S. The molecule has 28 heavy (non-hydrogen) atoms. The fourth-order valence-corrected chi connectivity index (χ4v) is 4.41. The van der Waals surface area contributed by atoms with Crippen LogP contribution in [0, 0.1) is 13.8 Å². The molecule has 0 radical (unpaired) electrons. The molecule has 5 nitrogen and oxygen atoms in total. The van der Waals surface area contributed by atoms with Crippen molar-refractivity contribution < 1.29 is 13.5 Å². The number of hydrogen-bond acceptors (Lipinski definition) is 4. The van der Waals surface area contributed by atoms with Gasteiger partial charge in [0, 0.05) is 5.39 Å². The van der Waals surface area contributed by atoms with Crippen molar-refractivity contribution in [1.82, 2.24) is 9.19 Å². The molecule has 1 fully saturated rings. The number of rotatable bonds is 3. The Morgan fingerprint density at radius 2 is 1.57 bits per heavy atom. The monoisotopic (exact) mass is 396 g/mol. The lowest BCUT2D eigenvalue weighted by Crippen LogP contribution is -2.41. The fraction of sp³-hybridized carbons (Fsp3) is 0.381. The quantitative estimate of drug-likeness (QED) is 0.636. The number of benzene rings is 2. The van der Waals surface area contributed by atoms with Crippen LogP contribution in [0.5, 0.6) is 0 Å². The first kappa shape index (κ1) is 19.4. The Bertz CT molecular complexity index is 1060. The Hall–Kier alpha value is -1.96. The predicted octanol–water partition coefficient (Wildman–Crippen LogP) is 3.52. The Morgan fingerprint density at radius 1 is 0.964 bits per heavy atom. The Morgan fingerprint density at radius 3 is 2.18 bits per heavy atom. The minimum Gasteiger partial charge on any atom is -0.399 e. The van der Waals surface area contributed by atoms with Crippen molar-refractivity contribution in [2.24, 2.45) is 0 Å². The molecule has 4 rings (SSSR count). The van der Waals surface area contributed by atoms with Crippen molar-refractivity contribution in [2.45, 2.75) is 57.6 Å². The van der Waals surface area contributed by atoms with Crippen LogP contribution in [0.15, 0.2) is 47.5 Å². The maximum absolute atomic E-state index is 13.1. The van der Waals surface area contributed by atoms with E-state index >= 15 is 0 Å². The summed E-state index contributed by atoms with van der Waals surface area (Å²) in [7, 11) is -1.91. The molecule has 1 aliphatic rings. The average Bonchev–Trinajstić information content (AvgIpc) is 3.12. The highest BCUT2D eigenvalue weighted by molar-refractivity contribution is 7.83. The van der Waals surface area contributed by atoms with Crippen molar-refractivity contribution in [3.63, 3.8) is 0 Å². The average molecular weight is 396 g/mol. The molecule has 0 spiro atoms. The van der Waals surface area contributed by atoms with Crippen LogP contribution in [0.25, 0.3) is 10.9 Å². The highest BCUT2D eigenvalue weighted by Gasteiger charge is 2.52. The minimum atomic E-state index is -1.42. The molecule has 0 saturated carbocycles. The lowest BCUT2D eigenvalue weighted by atomic mass is 9.74. The molecule has 0 bridgehead atoms. The van der Waals surface area contributed by atoms with Gasteiger partial charge in [0.15, 0.2) is 11.0 Å². The highest BCUT2D eigenvalue weighted by atomic mass is 32.2. The fourth-order valence-electron chi connectivity index (χ4n) is 3.37. The molecule has 1 unspecified atom stereocenters. The zero-order chi connectivity index (χ0) is 20.3. The molecule has 0 aliphatic carbocycles. The van der Waals surface area contributed by atoms with E-state index in [1.165, 1.54) is 0 Å². The molecule has 1 aromatic heterocycles. The Kier molecular flexibility index (Phi) is 4.52. The summed E-state index contributed by atoms with van der Waals surface area (Å²) < 4.78 is 27.2. The van der Waals surface area contributed by atoms with E-state index in [9.17, 15) is 4.21 Å². The van der Waals surface area contributed by atoms with Crippen molar-refractivity contribution in [3.05, 3.63) is 53.7 Å². The van der Waals surface area contributed by atoms with Gasteiger partial charge in [0.05, 0.1) is 27.8 Å². The number of fused-ring (bicyclic) bond motifs is 1. The first-order valence-electron chi connectivity index (χ1n) is 9.42. The van der Waals surface area contributed by atoms with E-state index in [1.807, 2.05) is 77.9 Å². The molecule has 2 heterocycles. The van der Waals surface area contributed by atoms with E-state index in [2.05, 4.69) is 5.10 Å². The van der Waals surface area contributed by atoms with Gasteiger partial charge in [-0.1, -0.05) is 29.3 Å². The maximum Gasteiger partial charge on any atom is 0.495 e. The van der Waals surface area contributed by atoms with Gasteiger partial charge in [-0.15, -0.1) is 0 Å². The van der Waals surface area contributed by atoms with Gasteiger partial charge < -0.3 is 9.31 Å². The molecule has 0 amide bonds. The first-order chi connectivity index (χ1) is 13.1. The number of nitrogens with zero attached hydrogens (tertiary/aromatic N) is 2. The van der Waals surface area contributed by atoms with Gasteiger partial charge in [0.2, 0.25) is 0 Å². The van der Waals surface area contributed by atoms with Crippen molar-refractivity contribution in [1.29, 1.82) is 0 Å². The normalized spacial score (nSPS) is 19.3. The van der Waals surface area contributed by atoms with Crippen LogP contribution in [0.1, 0.15) is 38.8 Å². The summed E-state index contributed by atoms with van der Waals surface area (Å²) >= 11 is 0. The second-order valence-electron chi connectivity index (χ2n) is 8.40. The Balaban J connectivity index is 1.80. The van der Waals surface area contributed by atoms with Crippen LogP contribution in [0.3, 0.4) is 0 Å². The van der Waals surface area contributed by atoms with Crippen molar-refractivity contribution in [2.75, 3.05) is 0 Å². The van der Waals surface area contributed by atoms with Crippen LogP contribution in [-0.4, -0.2) is 31.7 Å². The van der Waals surface area contributed by atoms with Crippen molar-refractivity contribution in [3.8, 4) is 0 Å². The van der Waals surface area contributed by atoms with Gasteiger partial charge in [0.1, 0.15) is 0 Å². The summed E-state index contributed by atoms with van der Waals surface area (Å²) in [6, 6.07) is 11.6. The van der Waals surface area contributed by atoms with Crippen LogP contribution < -0.4 is 5.46 Å². The highest BCUT2D eigenvalue weighted by Crippen LogP contribution is 2.37. The molecule has 0 N–H and O–H groups in total. The third kappa shape index (κ3) is 3.02. The van der Waals surface area contributed by atoms with Gasteiger partial charge in [-0.2, -0.15) is 9.19 Å². The third-order valence-electron chi connectivity index (χ3n) is 5.85. The summed E-state index contributed by atoms with van der Waals surface area (Å²) in [5, 5.41) is 5.35. The molecule has 1 atom stereocenters. The zero-order valence-corrected chi connectivity index (χ0v) is 18.0. The predicted molar refractivity (Wildman–Crippen MR) is 113 cm³/mol. The van der Waals surface area contributed by atoms with Crippen LogP contribution in [-0.2, 0) is 20.3 Å². The largest absolute Gasteiger partial charge is 0.495 e. The standard InChI is InChI=1S/C21H25BN2O3S/c1-14-7-10-16(11-8-14)28(25)24-18-12-9-15(2)19(17(18)13-23-24)22-26-20(3,4)21(5,6)27-22/h7-13H,1-6H3. The van der Waals surface area contributed by atoms with Gasteiger partial charge in [-0.3, -0.25) is 0 Å². The smallest absolute Gasteiger partial charge is 0.399 e. The summed E-state index contributed by atoms with van der Waals surface area (Å²) in [4.78, 5) is 0.716. The number of aryl methyl sites for hydroxylation is 2. The van der Waals surface area contributed by atoms with E-state index in [0.717, 1.165) is 27.5 Å². The molecule has 3 aromatic rings. The van der Waals surface area contributed by atoms with Crippen molar-refractivity contribution >= 4 is 34.5 Å². The van der Waals surface area contributed by atoms with E-state index in [0.29, 0.717) is 4.90 Å². The lowest BCUT2D eigenvalue weighted by Gasteiger charge is -2.32. The molecule has 1 aliphatic heterocycles. The Labute approximate surface area is 168 Å². The molecule has 146 valence electrons. The molecular weight excluding hydrogens is 371 g/mol. The SMILES string of the molecule is Cc1ccc(S(=O)n2ncc3c(B4OC(C)(C)C(C)(C)O4)c(C)ccc32)cc1. The first-order valence-corrected chi connectivity index (χ1v) is 10.5. The third-order valence-corrected chi connectivity index (χ3v) is 7.13.